The van der Waals surface area contributed by atoms with E-state index in [9.17, 15) is 13.6 Å². The maximum atomic E-state index is 13.0. The van der Waals surface area contributed by atoms with Gasteiger partial charge in [-0.1, -0.05) is 6.07 Å². The zero-order chi connectivity index (χ0) is 13.7. The van der Waals surface area contributed by atoms with Crippen LogP contribution in [0.1, 0.15) is 18.4 Å². The minimum absolute atomic E-state index is 0.0726. The van der Waals surface area contributed by atoms with E-state index in [1.165, 1.54) is 6.07 Å². The van der Waals surface area contributed by atoms with Crippen molar-refractivity contribution in [2.24, 2.45) is 5.92 Å². The van der Waals surface area contributed by atoms with Crippen molar-refractivity contribution in [3.8, 4) is 0 Å². The SMILES string of the molecule is O=C(CCc1ccc(F)c(F)c1)NCC1CCOC1. The molecule has 0 bridgehead atoms. The maximum Gasteiger partial charge on any atom is 0.220 e. The second-order valence-corrected chi connectivity index (χ2v) is 4.78. The van der Waals surface area contributed by atoms with Crippen LogP contribution in [0, 0.1) is 17.6 Å². The molecular weight excluding hydrogens is 252 g/mol. The van der Waals surface area contributed by atoms with Gasteiger partial charge in [0, 0.05) is 25.5 Å². The second kappa shape index (κ2) is 6.61. The lowest BCUT2D eigenvalue weighted by Crippen LogP contribution is -2.29. The van der Waals surface area contributed by atoms with E-state index >= 15 is 0 Å². The first-order chi connectivity index (χ1) is 9.15. The van der Waals surface area contributed by atoms with E-state index in [0.717, 1.165) is 25.2 Å². The maximum absolute atomic E-state index is 13.0. The van der Waals surface area contributed by atoms with E-state index in [1.807, 2.05) is 0 Å². The van der Waals surface area contributed by atoms with Gasteiger partial charge in [-0.3, -0.25) is 4.79 Å². The molecule has 5 heteroatoms. The smallest absolute Gasteiger partial charge is 0.220 e. The number of ether oxygens (including phenoxy) is 1. The molecule has 1 aromatic rings. The molecule has 0 aromatic heterocycles. The van der Waals surface area contributed by atoms with E-state index < -0.39 is 11.6 Å². The average molecular weight is 269 g/mol. The Morgan fingerprint density at radius 2 is 2.21 bits per heavy atom. The van der Waals surface area contributed by atoms with Gasteiger partial charge in [0.1, 0.15) is 0 Å². The third-order valence-corrected chi connectivity index (χ3v) is 3.24. The Hall–Kier alpha value is -1.49. The van der Waals surface area contributed by atoms with Crippen LogP contribution >= 0.6 is 0 Å². The molecule has 1 fully saturated rings. The molecule has 1 unspecified atom stereocenters. The number of rotatable bonds is 5. The number of nitrogens with one attached hydrogen (secondary N) is 1. The number of benzene rings is 1. The first kappa shape index (κ1) is 13.9. The Kier molecular flexibility index (Phi) is 4.85. The summed E-state index contributed by atoms with van der Waals surface area (Å²) in [6, 6.07) is 3.71. The van der Waals surface area contributed by atoms with E-state index in [2.05, 4.69) is 5.32 Å². The predicted molar refractivity (Wildman–Crippen MR) is 66.6 cm³/mol. The number of carbonyl (C=O) groups excluding carboxylic acids is 1. The Labute approximate surface area is 111 Å². The van der Waals surface area contributed by atoms with Crippen molar-refractivity contribution in [3.05, 3.63) is 35.4 Å². The average Bonchev–Trinajstić information content (AvgIpc) is 2.91. The van der Waals surface area contributed by atoms with Crippen LogP contribution in [0.3, 0.4) is 0 Å². The van der Waals surface area contributed by atoms with Crippen LogP contribution in [0.2, 0.25) is 0 Å². The fourth-order valence-electron chi connectivity index (χ4n) is 2.04. The van der Waals surface area contributed by atoms with Crippen LogP contribution in [0.25, 0.3) is 0 Å². The lowest BCUT2D eigenvalue weighted by molar-refractivity contribution is -0.121. The molecule has 0 radical (unpaired) electrons. The van der Waals surface area contributed by atoms with Gasteiger partial charge in [0.15, 0.2) is 11.6 Å². The summed E-state index contributed by atoms with van der Waals surface area (Å²) in [7, 11) is 0. The quantitative estimate of drug-likeness (QED) is 0.888. The summed E-state index contributed by atoms with van der Waals surface area (Å²) < 4.78 is 30.9. The molecule has 1 N–H and O–H groups in total. The van der Waals surface area contributed by atoms with Crippen LogP contribution in [-0.2, 0) is 16.0 Å². The fraction of sp³-hybridized carbons (Fsp3) is 0.500. The predicted octanol–water partition coefficient (Wildman–Crippen LogP) is 2.05. The van der Waals surface area contributed by atoms with Crippen LogP contribution in [0.5, 0.6) is 0 Å². The third kappa shape index (κ3) is 4.28. The summed E-state index contributed by atoms with van der Waals surface area (Å²) in [5.41, 5.74) is 0.623. The molecule has 1 aliphatic rings. The number of hydrogen-bond acceptors (Lipinski definition) is 2. The van der Waals surface area contributed by atoms with Gasteiger partial charge in [0.05, 0.1) is 6.61 Å². The molecular formula is C14H17F2NO2. The summed E-state index contributed by atoms with van der Waals surface area (Å²) >= 11 is 0. The topological polar surface area (TPSA) is 38.3 Å². The molecule has 1 atom stereocenters. The van der Waals surface area contributed by atoms with Crippen LogP contribution in [0.15, 0.2) is 18.2 Å². The number of halogens is 2. The zero-order valence-corrected chi connectivity index (χ0v) is 10.6. The van der Waals surface area contributed by atoms with Gasteiger partial charge in [-0.25, -0.2) is 8.78 Å². The molecule has 0 aliphatic carbocycles. The lowest BCUT2D eigenvalue weighted by Gasteiger charge is -2.09. The highest BCUT2D eigenvalue weighted by Crippen LogP contribution is 2.12. The van der Waals surface area contributed by atoms with E-state index in [0.29, 0.717) is 31.1 Å². The summed E-state index contributed by atoms with van der Waals surface area (Å²) in [6.45, 7) is 2.08. The van der Waals surface area contributed by atoms with E-state index in [4.69, 9.17) is 4.74 Å². The lowest BCUT2D eigenvalue weighted by atomic mass is 10.1. The van der Waals surface area contributed by atoms with Gasteiger partial charge in [0.25, 0.3) is 0 Å². The highest BCUT2D eigenvalue weighted by molar-refractivity contribution is 5.76. The molecule has 1 aliphatic heterocycles. The Balaban J connectivity index is 1.71. The van der Waals surface area contributed by atoms with Gasteiger partial charge in [0.2, 0.25) is 5.91 Å². The van der Waals surface area contributed by atoms with Crippen molar-refractivity contribution in [3.63, 3.8) is 0 Å². The third-order valence-electron chi connectivity index (χ3n) is 3.24. The highest BCUT2D eigenvalue weighted by Gasteiger charge is 2.16. The first-order valence-electron chi connectivity index (χ1n) is 6.43. The van der Waals surface area contributed by atoms with Crippen molar-refractivity contribution in [1.29, 1.82) is 0 Å². The molecule has 1 saturated heterocycles. The molecule has 2 rings (SSSR count). The van der Waals surface area contributed by atoms with Crippen molar-refractivity contribution < 1.29 is 18.3 Å². The summed E-state index contributed by atoms with van der Waals surface area (Å²) in [5.74, 6) is -1.42. The number of aryl methyl sites for hydroxylation is 1. The normalized spacial score (nSPS) is 18.5. The molecule has 19 heavy (non-hydrogen) atoms. The molecule has 0 saturated carbocycles. The molecule has 3 nitrogen and oxygen atoms in total. The molecule has 1 aromatic carbocycles. The largest absolute Gasteiger partial charge is 0.381 e. The van der Waals surface area contributed by atoms with Gasteiger partial charge in [-0.2, -0.15) is 0 Å². The summed E-state index contributed by atoms with van der Waals surface area (Å²) in [6.07, 6.45) is 1.66. The number of carbonyl (C=O) groups is 1. The number of amides is 1. The fourth-order valence-corrected chi connectivity index (χ4v) is 2.04. The Bertz CT molecular complexity index is 445. The number of hydrogen-bond donors (Lipinski definition) is 1. The van der Waals surface area contributed by atoms with Gasteiger partial charge >= 0.3 is 0 Å². The van der Waals surface area contributed by atoms with E-state index in [-0.39, 0.29) is 12.3 Å². The van der Waals surface area contributed by atoms with Gasteiger partial charge in [-0.15, -0.1) is 0 Å². The monoisotopic (exact) mass is 269 g/mol. The second-order valence-electron chi connectivity index (χ2n) is 4.78. The summed E-state index contributed by atoms with van der Waals surface area (Å²) in [4.78, 5) is 11.6. The standard InChI is InChI=1S/C14H17F2NO2/c15-12-3-1-10(7-13(12)16)2-4-14(18)17-8-11-5-6-19-9-11/h1,3,7,11H,2,4-6,8-9H2,(H,17,18). The minimum atomic E-state index is -0.874. The van der Waals surface area contributed by atoms with Crippen molar-refractivity contribution in [1.82, 2.24) is 5.32 Å². The zero-order valence-electron chi connectivity index (χ0n) is 10.6. The van der Waals surface area contributed by atoms with Crippen LogP contribution < -0.4 is 5.32 Å². The Morgan fingerprint density at radius 3 is 2.89 bits per heavy atom. The van der Waals surface area contributed by atoms with Gasteiger partial charge in [-0.05, 0) is 30.5 Å². The van der Waals surface area contributed by atoms with E-state index in [1.54, 1.807) is 0 Å². The first-order valence-corrected chi connectivity index (χ1v) is 6.43. The minimum Gasteiger partial charge on any atom is -0.381 e. The van der Waals surface area contributed by atoms with Crippen LogP contribution in [-0.4, -0.2) is 25.7 Å². The Morgan fingerprint density at radius 1 is 1.37 bits per heavy atom. The van der Waals surface area contributed by atoms with Gasteiger partial charge < -0.3 is 10.1 Å². The van der Waals surface area contributed by atoms with Crippen molar-refractivity contribution >= 4 is 5.91 Å². The molecule has 1 heterocycles. The van der Waals surface area contributed by atoms with Crippen molar-refractivity contribution in [2.75, 3.05) is 19.8 Å². The highest BCUT2D eigenvalue weighted by atomic mass is 19.2. The van der Waals surface area contributed by atoms with Crippen molar-refractivity contribution in [2.45, 2.75) is 19.3 Å². The molecule has 1 amide bonds. The molecule has 0 spiro atoms. The summed E-state index contributed by atoms with van der Waals surface area (Å²) in [5, 5.41) is 2.83. The molecule has 104 valence electrons. The van der Waals surface area contributed by atoms with Crippen LogP contribution in [0.4, 0.5) is 8.78 Å².